The normalized spacial score (nSPS) is 11.9. The molecule has 0 bridgehead atoms. The van der Waals surface area contributed by atoms with Crippen LogP contribution in [0.3, 0.4) is 0 Å². The summed E-state index contributed by atoms with van der Waals surface area (Å²) >= 11 is 3.38. The Labute approximate surface area is 263 Å². The van der Waals surface area contributed by atoms with E-state index in [1.807, 2.05) is 28.1 Å². The summed E-state index contributed by atoms with van der Waals surface area (Å²) in [6, 6.07) is 12.7. The third-order valence-electron chi connectivity index (χ3n) is 6.34. The SMILES string of the molecule is CC(C)(C)Nc1c(-c2ccc(F)cc2)nc2cnc(Br)cn12.Cc1cn2c(NC(C)(C)C)c(-c3ccc(F)cc3)nc2cn1. The molecule has 0 aliphatic carbocycles. The lowest BCUT2D eigenvalue weighted by Gasteiger charge is -2.22. The largest absolute Gasteiger partial charge is 0.365 e. The fourth-order valence-corrected chi connectivity index (χ4v) is 4.86. The fraction of sp³-hybridized carbons (Fsp3) is 0.273. The predicted octanol–water partition coefficient (Wildman–Crippen LogP) is 8.56. The molecule has 0 aliphatic rings. The van der Waals surface area contributed by atoms with Gasteiger partial charge in [0.1, 0.15) is 39.3 Å². The standard InChI is InChI=1S/C17H19FN4.C16H16BrFN4/c1-11-10-22-14(9-19-11)20-15(16(22)21-17(2,3)4)12-5-7-13(18)8-6-12;1-16(2,3)21-15-14(10-4-6-11(18)7-5-10)20-13-8-19-12(17)9-22(13)15/h5-10,21H,1-4H3;4-9,21H,1-3H3. The second-order valence-corrected chi connectivity index (χ2v) is 13.4. The van der Waals surface area contributed by atoms with Crippen molar-refractivity contribution >= 4 is 38.9 Å². The number of aryl methyl sites for hydroxylation is 1. The molecule has 0 atom stereocenters. The lowest BCUT2D eigenvalue weighted by atomic mass is 10.1. The summed E-state index contributed by atoms with van der Waals surface area (Å²) in [5.41, 5.74) is 5.43. The Morgan fingerprint density at radius 2 is 1.05 bits per heavy atom. The van der Waals surface area contributed by atoms with Gasteiger partial charge < -0.3 is 10.6 Å². The monoisotopic (exact) mass is 660 g/mol. The predicted molar refractivity (Wildman–Crippen MR) is 176 cm³/mol. The van der Waals surface area contributed by atoms with Crippen molar-refractivity contribution in [3.8, 4) is 22.5 Å². The summed E-state index contributed by atoms with van der Waals surface area (Å²) in [5, 5.41) is 6.96. The number of fused-ring (bicyclic) bond motifs is 2. The quantitative estimate of drug-likeness (QED) is 0.197. The number of nitrogens with one attached hydrogen (secondary N) is 2. The Morgan fingerprint density at radius 3 is 1.48 bits per heavy atom. The van der Waals surface area contributed by atoms with E-state index in [1.165, 1.54) is 24.3 Å². The third kappa shape index (κ3) is 7.21. The second-order valence-electron chi connectivity index (χ2n) is 12.6. The van der Waals surface area contributed by atoms with Gasteiger partial charge in [-0.2, -0.15) is 0 Å². The van der Waals surface area contributed by atoms with Gasteiger partial charge in [0.05, 0.1) is 18.1 Å². The summed E-state index contributed by atoms with van der Waals surface area (Å²) in [7, 11) is 0. The van der Waals surface area contributed by atoms with Crippen LogP contribution in [0, 0.1) is 18.6 Å². The van der Waals surface area contributed by atoms with Crippen LogP contribution in [0.15, 0.2) is 77.9 Å². The summed E-state index contributed by atoms with van der Waals surface area (Å²) in [6.07, 6.45) is 7.26. The molecule has 2 N–H and O–H groups in total. The van der Waals surface area contributed by atoms with E-state index in [9.17, 15) is 8.78 Å². The van der Waals surface area contributed by atoms with Crippen LogP contribution in [-0.4, -0.2) is 39.8 Å². The number of rotatable bonds is 4. The van der Waals surface area contributed by atoms with E-state index in [4.69, 9.17) is 0 Å². The van der Waals surface area contributed by atoms with Crippen molar-refractivity contribution in [2.75, 3.05) is 10.6 Å². The van der Waals surface area contributed by atoms with Gasteiger partial charge in [-0.1, -0.05) is 0 Å². The Balaban J connectivity index is 0.000000175. The first-order chi connectivity index (χ1) is 20.7. The van der Waals surface area contributed by atoms with Crippen LogP contribution >= 0.6 is 15.9 Å². The number of halogens is 3. The number of hydrogen-bond donors (Lipinski definition) is 2. The zero-order chi connectivity index (χ0) is 31.8. The van der Waals surface area contributed by atoms with Crippen molar-refractivity contribution in [1.82, 2.24) is 28.7 Å². The molecule has 6 rings (SSSR count). The van der Waals surface area contributed by atoms with Crippen molar-refractivity contribution in [2.24, 2.45) is 0 Å². The smallest absolute Gasteiger partial charge is 0.157 e. The molecule has 11 heteroatoms. The van der Waals surface area contributed by atoms with Crippen molar-refractivity contribution < 1.29 is 8.78 Å². The zero-order valence-electron chi connectivity index (χ0n) is 25.7. The minimum absolute atomic E-state index is 0.123. The second kappa shape index (κ2) is 12.0. The highest BCUT2D eigenvalue weighted by Crippen LogP contribution is 2.32. The van der Waals surface area contributed by atoms with E-state index in [2.05, 4.69) is 88.0 Å². The van der Waals surface area contributed by atoms with E-state index < -0.39 is 0 Å². The maximum absolute atomic E-state index is 13.2. The van der Waals surface area contributed by atoms with Crippen LogP contribution in [0.2, 0.25) is 0 Å². The Morgan fingerprint density at radius 1 is 0.636 bits per heavy atom. The van der Waals surface area contributed by atoms with Gasteiger partial charge in [-0.05, 0) is 113 Å². The first-order valence-corrected chi connectivity index (χ1v) is 14.9. The van der Waals surface area contributed by atoms with Crippen molar-refractivity contribution in [1.29, 1.82) is 0 Å². The highest BCUT2D eigenvalue weighted by molar-refractivity contribution is 9.10. The highest BCUT2D eigenvalue weighted by Gasteiger charge is 2.21. The van der Waals surface area contributed by atoms with Crippen LogP contribution in [0.4, 0.5) is 20.4 Å². The zero-order valence-corrected chi connectivity index (χ0v) is 27.3. The molecule has 2 aromatic carbocycles. The van der Waals surface area contributed by atoms with E-state index in [-0.39, 0.29) is 22.7 Å². The van der Waals surface area contributed by atoms with Crippen LogP contribution in [0.25, 0.3) is 33.8 Å². The van der Waals surface area contributed by atoms with Crippen LogP contribution in [-0.2, 0) is 0 Å². The van der Waals surface area contributed by atoms with E-state index in [0.29, 0.717) is 0 Å². The van der Waals surface area contributed by atoms with Gasteiger partial charge in [0.15, 0.2) is 11.3 Å². The summed E-state index contributed by atoms with van der Waals surface area (Å²) in [5.74, 6) is 1.23. The van der Waals surface area contributed by atoms with Crippen molar-refractivity contribution in [3.63, 3.8) is 0 Å². The van der Waals surface area contributed by atoms with Gasteiger partial charge in [-0.15, -0.1) is 0 Å². The van der Waals surface area contributed by atoms with Crippen molar-refractivity contribution in [2.45, 2.75) is 59.5 Å². The third-order valence-corrected chi connectivity index (χ3v) is 6.75. The molecule has 4 heterocycles. The minimum atomic E-state index is -0.262. The first kappa shape index (κ1) is 31.1. The van der Waals surface area contributed by atoms with Gasteiger partial charge in [0.2, 0.25) is 0 Å². The molecule has 4 aromatic heterocycles. The molecule has 6 aromatic rings. The Bertz CT molecular complexity index is 1770. The molecule has 0 saturated carbocycles. The number of aromatic nitrogens is 6. The molecule has 0 amide bonds. The number of hydrogen-bond acceptors (Lipinski definition) is 6. The maximum Gasteiger partial charge on any atom is 0.157 e. The van der Waals surface area contributed by atoms with E-state index >= 15 is 0 Å². The summed E-state index contributed by atoms with van der Waals surface area (Å²) in [4.78, 5) is 17.8. The first-order valence-electron chi connectivity index (χ1n) is 14.1. The summed E-state index contributed by atoms with van der Waals surface area (Å²) < 4.78 is 31.0. The van der Waals surface area contributed by atoms with Crippen LogP contribution < -0.4 is 10.6 Å². The van der Waals surface area contributed by atoms with Crippen LogP contribution in [0.1, 0.15) is 47.2 Å². The molecule has 8 nitrogen and oxygen atoms in total. The number of nitrogens with zero attached hydrogens (tertiary/aromatic N) is 6. The van der Waals surface area contributed by atoms with Crippen molar-refractivity contribution in [3.05, 3.63) is 95.2 Å². The van der Waals surface area contributed by atoms with Gasteiger partial charge in [0.25, 0.3) is 0 Å². The van der Waals surface area contributed by atoms with E-state index in [1.54, 1.807) is 36.7 Å². The highest BCUT2D eigenvalue weighted by atomic mass is 79.9. The lowest BCUT2D eigenvalue weighted by Crippen LogP contribution is -2.27. The van der Waals surface area contributed by atoms with Gasteiger partial charge in [0, 0.05) is 34.6 Å². The number of benzene rings is 2. The Hall–Kier alpha value is -4.38. The molecule has 0 saturated heterocycles. The molecule has 0 unspecified atom stereocenters. The topological polar surface area (TPSA) is 84.4 Å². The molecular weight excluding hydrogens is 626 g/mol. The fourth-order valence-electron chi connectivity index (χ4n) is 4.55. The molecular formula is C33H35BrF2N8. The molecule has 0 aliphatic heterocycles. The molecule has 44 heavy (non-hydrogen) atoms. The maximum atomic E-state index is 13.2. The van der Waals surface area contributed by atoms with Crippen LogP contribution in [0.5, 0.6) is 0 Å². The molecule has 0 fully saturated rings. The average Bonchev–Trinajstić information content (AvgIpc) is 3.46. The lowest BCUT2D eigenvalue weighted by molar-refractivity contribution is 0.627. The van der Waals surface area contributed by atoms with Gasteiger partial charge in [-0.3, -0.25) is 13.8 Å². The molecule has 228 valence electrons. The van der Waals surface area contributed by atoms with Gasteiger partial charge in [-0.25, -0.2) is 23.7 Å². The number of anilines is 2. The van der Waals surface area contributed by atoms with Gasteiger partial charge >= 0.3 is 0 Å². The van der Waals surface area contributed by atoms with E-state index in [0.717, 1.165) is 55.7 Å². The molecule has 0 radical (unpaired) electrons. The minimum Gasteiger partial charge on any atom is -0.365 e. The molecule has 0 spiro atoms. The summed E-state index contributed by atoms with van der Waals surface area (Å²) in [6.45, 7) is 14.5. The Kier molecular flexibility index (Phi) is 8.44. The average molecular weight is 662 g/mol. The number of imidazole rings is 2.